The number of aromatic nitrogens is 2. The molecule has 5 nitrogen and oxygen atoms in total. The van der Waals surface area contributed by atoms with Crippen LogP contribution in [0.1, 0.15) is 56.5 Å². The van der Waals surface area contributed by atoms with Crippen LogP contribution in [0, 0.1) is 11.3 Å². The average molecular weight is 458 g/mol. The maximum atomic E-state index is 10.8. The van der Waals surface area contributed by atoms with Gasteiger partial charge in [-0.25, -0.2) is 9.97 Å². The summed E-state index contributed by atoms with van der Waals surface area (Å²) in [4.78, 5) is 8.95. The van der Waals surface area contributed by atoms with Gasteiger partial charge in [-0.1, -0.05) is 32.9 Å². The summed E-state index contributed by atoms with van der Waals surface area (Å²) in [7, 11) is -1.96. The molecule has 0 amide bonds. The summed E-state index contributed by atoms with van der Waals surface area (Å²) >= 11 is 0. The normalized spacial score (nSPS) is 14.2. The molecule has 0 aliphatic heterocycles. The third kappa shape index (κ3) is 5.00. The Morgan fingerprint density at radius 2 is 1.82 bits per heavy atom. The summed E-state index contributed by atoms with van der Waals surface area (Å²) in [5.74, 6) is 0.649. The summed E-state index contributed by atoms with van der Waals surface area (Å²) in [6.07, 6.45) is 3.94. The van der Waals surface area contributed by atoms with Crippen molar-refractivity contribution in [2.75, 3.05) is 0 Å². The smallest absolute Gasteiger partial charge is 0.192 e. The predicted octanol–water partition coefficient (Wildman–Crippen LogP) is 6.79. The van der Waals surface area contributed by atoms with Crippen LogP contribution in [0.4, 0.5) is 0 Å². The number of rotatable bonds is 6. The Balaban J connectivity index is 1.80. The molecule has 1 fully saturated rings. The Kier molecular flexibility index (Phi) is 6.13. The molecule has 1 aliphatic carbocycles. The average Bonchev–Trinajstić information content (AvgIpc) is 3.63. The van der Waals surface area contributed by atoms with Crippen LogP contribution in [0.15, 0.2) is 48.7 Å². The minimum absolute atomic E-state index is 0.101. The van der Waals surface area contributed by atoms with Gasteiger partial charge in [0.25, 0.3) is 0 Å². The molecular formula is C27H31N3O2Si. The lowest BCUT2D eigenvalue weighted by Gasteiger charge is -2.36. The van der Waals surface area contributed by atoms with Crippen LogP contribution in [-0.4, -0.2) is 23.4 Å². The van der Waals surface area contributed by atoms with Crippen molar-refractivity contribution in [3.8, 4) is 34.2 Å². The van der Waals surface area contributed by atoms with Crippen LogP contribution in [0.5, 0.6) is 5.75 Å². The fraction of sp³-hybridized carbons (Fsp3) is 0.370. The number of aromatic hydroxyl groups is 1. The van der Waals surface area contributed by atoms with Crippen LogP contribution in [0.3, 0.4) is 0 Å². The second-order valence-electron chi connectivity index (χ2n) is 10.3. The summed E-state index contributed by atoms with van der Waals surface area (Å²) in [6, 6.07) is 15.6. The van der Waals surface area contributed by atoms with Gasteiger partial charge in [0.05, 0.1) is 6.61 Å². The van der Waals surface area contributed by atoms with E-state index in [9.17, 15) is 10.4 Å². The number of pyridine rings is 2. The standard InChI is InChI=1S/C27H31N3O2Si/c1-27(2,3)33(4,5)32-17-21-9-8-19(20-12-13-29-22(14-20)16-28)15-23(21)26-25(31)11-10-24(30-26)18-6-7-18/h8-15,18,31H,6-7,17H2,1-5H3. The highest BCUT2D eigenvalue weighted by Crippen LogP contribution is 2.42. The zero-order valence-electron chi connectivity index (χ0n) is 20.0. The molecule has 0 saturated heterocycles. The van der Waals surface area contributed by atoms with E-state index < -0.39 is 8.32 Å². The van der Waals surface area contributed by atoms with Crippen LogP contribution in [0.2, 0.25) is 18.1 Å². The zero-order valence-corrected chi connectivity index (χ0v) is 21.0. The number of nitrogens with zero attached hydrogens (tertiary/aromatic N) is 3. The minimum atomic E-state index is -1.96. The molecule has 1 aliphatic rings. The van der Waals surface area contributed by atoms with Crippen molar-refractivity contribution in [2.45, 2.75) is 64.3 Å². The Labute approximate surface area is 197 Å². The fourth-order valence-electron chi connectivity index (χ4n) is 3.52. The monoisotopic (exact) mass is 457 g/mol. The first-order valence-corrected chi connectivity index (χ1v) is 14.3. The Bertz CT molecular complexity index is 1220. The predicted molar refractivity (Wildman–Crippen MR) is 133 cm³/mol. The van der Waals surface area contributed by atoms with Gasteiger partial charge in [0.2, 0.25) is 0 Å². The van der Waals surface area contributed by atoms with Gasteiger partial charge in [-0.15, -0.1) is 0 Å². The quantitative estimate of drug-likeness (QED) is 0.412. The van der Waals surface area contributed by atoms with Crippen molar-refractivity contribution in [1.29, 1.82) is 5.26 Å². The summed E-state index contributed by atoms with van der Waals surface area (Å²) in [6.45, 7) is 11.6. The molecule has 2 heterocycles. The molecule has 6 heteroatoms. The van der Waals surface area contributed by atoms with Gasteiger partial charge in [0.1, 0.15) is 23.2 Å². The summed E-state index contributed by atoms with van der Waals surface area (Å²) < 4.78 is 6.53. The third-order valence-electron chi connectivity index (χ3n) is 6.86. The van der Waals surface area contributed by atoms with Gasteiger partial charge < -0.3 is 9.53 Å². The minimum Gasteiger partial charge on any atom is -0.506 e. The maximum Gasteiger partial charge on any atom is 0.192 e. The van der Waals surface area contributed by atoms with Gasteiger partial charge in [-0.05, 0) is 78.0 Å². The van der Waals surface area contributed by atoms with Crippen molar-refractivity contribution in [3.63, 3.8) is 0 Å². The first kappa shape index (κ1) is 23.2. The molecule has 0 spiro atoms. The van der Waals surface area contributed by atoms with Crippen LogP contribution in [0.25, 0.3) is 22.4 Å². The van der Waals surface area contributed by atoms with E-state index in [1.165, 1.54) is 0 Å². The van der Waals surface area contributed by atoms with Crippen LogP contribution < -0.4 is 0 Å². The first-order valence-electron chi connectivity index (χ1n) is 11.4. The van der Waals surface area contributed by atoms with E-state index in [1.807, 2.05) is 24.3 Å². The van der Waals surface area contributed by atoms with Gasteiger partial charge >= 0.3 is 0 Å². The topological polar surface area (TPSA) is 79.0 Å². The van der Waals surface area contributed by atoms with E-state index in [4.69, 9.17) is 9.41 Å². The Morgan fingerprint density at radius 1 is 1.09 bits per heavy atom. The molecule has 0 radical (unpaired) electrons. The third-order valence-corrected chi connectivity index (χ3v) is 11.3. The first-order chi connectivity index (χ1) is 15.6. The molecule has 3 aromatic rings. The lowest BCUT2D eigenvalue weighted by molar-refractivity contribution is 0.277. The molecule has 33 heavy (non-hydrogen) atoms. The molecule has 1 saturated carbocycles. The zero-order chi connectivity index (χ0) is 23.8. The lowest BCUT2D eigenvalue weighted by atomic mass is 9.96. The van der Waals surface area contributed by atoms with Crippen molar-refractivity contribution in [1.82, 2.24) is 9.97 Å². The van der Waals surface area contributed by atoms with Gasteiger partial charge in [0, 0.05) is 23.4 Å². The van der Waals surface area contributed by atoms with E-state index >= 15 is 0 Å². The highest BCUT2D eigenvalue weighted by atomic mass is 28.4. The number of hydrogen-bond acceptors (Lipinski definition) is 5. The number of hydrogen-bond donors (Lipinski definition) is 1. The molecule has 2 aromatic heterocycles. The second-order valence-corrected chi connectivity index (χ2v) is 15.1. The SMILES string of the molecule is CC(C)(C)[Si](C)(C)OCc1ccc(-c2ccnc(C#N)c2)cc1-c1nc(C2CC2)ccc1O. The second kappa shape index (κ2) is 8.73. The van der Waals surface area contributed by atoms with Gasteiger partial charge in [-0.2, -0.15) is 5.26 Å². The lowest BCUT2D eigenvalue weighted by Crippen LogP contribution is -2.40. The molecule has 1 aromatic carbocycles. The largest absolute Gasteiger partial charge is 0.506 e. The van der Waals surface area contributed by atoms with Crippen molar-refractivity contribution in [3.05, 3.63) is 65.6 Å². The van der Waals surface area contributed by atoms with E-state index in [1.54, 1.807) is 18.3 Å². The van der Waals surface area contributed by atoms with E-state index in [0.29, 0.717) is 23.9 Å². The van der Waals surface area contributed by atoms with Crippen LogP contribution >= 0.6 is 0 Å². The Morgan fingerprint density at radius 3 is 2.48 bits per heavy atom. The molecule has 1 N–H and O–H groups in total. The van der Waals surface area contributed by atoms with E-state index in [-0.39, 0.29) is 10.8 Å². The molecule has 0 unspecified atom stereocenters. The summed E-state index contributed by atoms with van der Waals surface area (Å²) in [5.41, 5.74) is 5.69. The maximum absolute atomic E-state index is 10.8. The van der Waals surface area contributed by atoms with Crippen molar-refractivity contribution >= 4 is 8.32 Å². The molecule has 0 atom stereocenters. The molecular weight excluding hydrogens is 426 g/mol. The fourth-order valence-corrected chi connectivity index (χ4v) is 4.47. The summed E-state index contributed by atoms with van der Waals surface area (Å²) in [5, 5.41) is 20.1. The highest BCUT2D eigenvalue weighted by molar-refractivity contribution is 6.74. The van der Waals surface area contributed by atoms with E-state index in [2.05, 4.69) is 51.0 Å². The van der Waals surface area contributed by atoms with E-state index in [0.717, 1.165) is 40.8 Å². The van der Waals surface area contributed by atoms with Gasteiger partial charge in [0.15, 0.2) is 8.32 Å². The highest BCUT2D eigenvalue weighted by Gasteiger charge is 2.37. The molecule has 170 valence electrons. The molecule has 4 rings (SSSR count). The van der Waals surface area contributed by atoms with Gasteiger partial charge in [-0.3, -0.25) is 0 Å². The Hall–Kier alpha value is -3.01. The van der Waals surface area contributed by atoms with Crippen LogP contribution in [-0.2, 0) is 11.0 Å². The molecule has 0 bridgehead atoms. The number of benzene rings is 1. The van der Waals surface area contributed by atoms with Crippen molar-refractivity contribution in [2.24, 2.45) is 0 Å². The van der Waals surface area contributed by atoms with Crippen molar-refractivity contribution < 1.29 is 9.53 Å². The number of nitriles is 1.